The number of ether oxygens (including phenoxy) is 2. The number of nitrogens with one attached hydrogen (secondary N) is 1. The molecule has 2 heterocycles. The summed E-state index contributed by atoms with van der Waals surface area (Å²) in [5.41, 5.74) is 1.30. The van der Waals surface area contributed by atoms with E-state index in [-0.39, 0.29) is 5.91 Å². The molecule has 1 amide bonds. The topological polar surface area (TPSA) is 73.3 Å². The molecule has 134 valence electrons. The molecule has 0 saturated carbocycles. The van der Waals surface area contributed by atoms with E-state index < -0.39 is 0 Å². The molecule has 0 aliphatic heterocycles. The molecule has 0 fully saturated rings. The van der Waals surface area contributed by atoms with Crippen LogP contribution in [0.15, 0.2) is 67.0 Å². The van der Waals surface area contributed by atoms with Gasteiger partial charge in [-0.25, -0.2) is 4.98 Å². The summed E-state index contributed by atoms with van der Waals surface area (Å²) in [6.07, 6.45) is 3.29. The number of pyridine rings is 1. The first-order chi connectivity index (χ1) is 13.2. The predicted octanol–water partition coefficient (Wildman–Crippen LogP) is 4.74. The van der Waals surface area contributed by atoms with Crippen LogP contribution in [-0.4, -0.2) is 23.0 Å². The number of thiazole rings is 1. The van der Waals surface area contributed by atoms with Gasteiger partial charge < -0.3 is 9.47 Å². The van der Waals surface area contributed by atoms with E-state index in [1.54, 1.807) is 55.9 Å². The zero-order valence-corrected chi connectivity index (χ0v) is 15.2. The zero-order chi connectivity index (χ0) is 18.6. The van der Waals surface area contributed by atoms with Gasteiger partial charge in [-0.1, -0.05) is 17.4 Å². The molecule has 7 heteroatoms. The van der Waals surface area contributed by atoms with Crippen LogP contribution in [0.3, 0.4) is 0 Å². The monoisotopic (exact) mass is 377 g/mol. The first-order valence-corrected chi connectivity index (χ1v) is 8.97. The van der Waals surface area contributed by atoms with Crippen molar-refractivity contribution in [1.82, 2.24) is 9.97 Å². The van der Waals surface area contributed by atoms with Crippen LogP contribution in [0.1, 0.15) is 10.4 Å². The van der Waals surface area contributed by atoms with Crippen LogP contribution in [0.4, 0.5) is 5.13 Å². The standard InChI is InChI=1S/C20H15N3O3S/c1-25-15-5-6-17-18(12-15)27-20(22-17)23-19(24)13-3-2-4-16(11-13)26-14-7-9-21-10-8-14/h2-12H,1H3,(H,22,23,24). The van der Waals surface area contributed by atoms with E-state index in [1.165, 1.54) is 11.3 Å². The second-order valence-corrected chi connectivity index (χ2v) is 6.65. The Morgan fingerprint density at radius 2 is 1.85 bits per heavy atom. The number of amides is 1. The summed E-state index contributed by atoms with van der Waals surface area (Å²) in [7, 11) is 1.62. The van der Waals surface area contributed by atoms with Gasteiger partial charge in [0, 0.05) is 18.0 Å². The summed E-state index contributed by atoms with van der Waals surface area (Å²) in [6, 6.07) is 16.1. The molecular weight excluding hydrogens is 362 g/mol. The Balaban J connectivity index is 1.52. The number of carbonyl (C=O) groups excluding carboxylic acids is 1. The van der Waals surface area contributed by atoms with Crippen molar-refractivity contribution in [1.29, 1.82) is 0 Å². The lowest BCUT2D eigenvalue weighted by molar-refractivity contribution is 0.102. The number of rotatable bonds is 5. The number of aromatic nitrogens is 2. The number of hydrogen-bond donors (Lipinski definition) is 1. The van der Waals surface area contributed by atoms with Gasteiger partial charge in [-0.15, -0.1) is 0 Å². The molecule has 2 aromatic heterocycles. The highest BCUT2D eigenvalue weighted by Crippen LogP contribution is 2.29. The summed E-state index contributed by atoms with van der Waals surface area (Å²) in [6.45, 7) is 0. The molecular formula is C20H15N3O3S. The average Bonchev–Trinajstić information content (AvgIpc) is 3.10. The Hall–Kier alpha value is -3.45. The Morgan fingerprint density at radius 3 is 2.67 bits per heavy atom. The normalized spacial score (nSPS) is 10.6. The van der Waals surface area contributed by atoms with Crippen molar-refractivity contribution in [3.63, 3.8) is 0 Å². The highest BCUT2D eigenvalue weighted by Gasteiger charge is 2.11. The summed E-state index contributed by atoms with van der Waals surface area (Å²) in [5, 5.41) is 3.37. The summed E-state index contributed by atoms with van der Waals surface area (Å²) in [5.74, 6) is 1.73. The van der Waals surface area contributed by atoms with Crippen molar-refractivity contribution in [3.05, 3.63) is 72.6 Å². The van der Waals surface area contributed by atoms with E-state index in [0.717, 1.165) is 16.0 Å². The van der Waals surface area contributed by atoms with E-state index >= 15 is 0 Å². The molecule has 6 nitrogen and oxygen atoms in total. The van der Waals surface area contributed by atoms with Crippen molar-refractivity contribution in [2.45, 2.75) is 0 Å². The minimum Gasteiger partial charge on any atom is -0.497 e. The predicted molar refractivity (Wildman–Crippen MR) is 105 cm³/mol. The highest BCUT2D eigenvalue weighted by molar-refractivity contribution is 7.22. The largest absolute Gasteiger partial charge is 0.497 e. The molecule has 0 bridgehead atoms. The SMILES string of the molecule is COc1ccc2nc(NC(=O)c3cccc(Oc4ccncc4)c3)sc2c1. The van der Waals surface area contributed by atoms with Gasteiger partial charge in [0.25, 0.3) is 5.91 Å². The third-order valence-corrected chi connectivity index (χ3v) is 4.73. The van der Waals surface area contributed by atoms with Gasteiger partial charge in [0.15, 0.2) is 5.13 Å². The molecule has 0 spiro atoms. The van der Waals surface area contributed by atoms with Gasteiger partial charge >= 0.3 is 0 Å². The molecule has 0 aliphatic rings. The first kappa shape index (κ1) is 17.0. The third kappa shape index (κ3) is 3.88. The Morgan fingerprint density at radius 1 is 1.00 bits per heavy atom. The maximum Gasteiger partial charge on any atom is 0.257 e. The lowest BCUT2D eigenvalue weighted by Gasteiger charge is -2.07. The van der Waals surface area contributed by atoms with E-state index in [4.69, 9.17) is 9.47 Å². The highest BCUT2D eigenvalue weighted by atomic mass is 32.1. The number of hydrogen-bond acceptors (Lipinski definition) is 6. The minimum atomic E-state index is -0.249. The average molecular weight is 377 g/mol. The molecule has 2 aromatic carbocycles. The molecule has 4 rings (SSSR count). The molecule has 0 radical (unpaired) electrons. The summed E-state index contributed by atoms with van der Waals surface area (Å²) < 4.78 is 11.9. The van der Waals surface area contributed by atoms with Crippen LogP contribution in [0.25, 0.3) is 10.2 Å². The molecule has 0 atom stereocenters. The number of anilines is 1. The smallest absolute Gasteiger partial charge is 0.257 e. The van der Waals surface area contributed by atoms with Gasteiger partial charge in [0.05, 0.1) is 17.3 Å². The summed E-state index contributed by atoms with van der Waals surface area (Å²) >= 11 is 1.40. The molecule has 27 heavy (non-hydrogen) atoms. The lowest BCUT2D eigenvalue weighted by atomic mass is 10.2. The fraction of sp³-hybridized carbons (Fsp3) is 0.0500. The molecule has 0 unspecified atom stereocenters. The van der Waals surface area contributed by atoms with Crippen molar-refractivity contribution < 1.29 is 14.3 Å². The zero-order valence-electron chi connectivity index (χ0n) is 14.4. The Kier molecular flexibility index (Phi) is 4.67. The van der Waals surface area contributed by atoms with Crippen molar-refractivity contribution in [2.75, 3.05) is 12.4 Å². The van der Waals surface area contributed by atoms with Crippen molar-refractivity contribution >= 4 is 32.6 Å². The van der Waals surface area contributed by atoms with E-state index in [1.807, 2.05) is 18.2 Å². The van der Waals surface area contributed by atoms with Gasteiger partial charge in [-0.2, -0.15) is 0 Å². The second kappa shape index (κ2) is 7.43. The van der Waals surface area contributed by atoms with Crippen LogP contribution in [0.5, 0.6) is 17.2 Å². The van der Waals surface area contributed by atoms with Gasteiger partial charge in [-0.3, -0.25) is 15.1 Å². The Labute approximate surface area is 159 Å². The third-order valence-electron chi connectivity index (χ3n) is 3.80. The fourth-order valence-electron chi connectivity index (χ4n) is 2.50. The van der Waals surface area contributed by atoms with Crippen LogP contribution in [-0.2, 0) is 0 Å². The van der Waals surface area contributed by atoms with Crippen molar-refractivity contribution in [2.24, 2.45) is 0 Å². The van der Waals surface area contributed by atoms with Gasteiger partial charge in [0.2, 0.25) is 0 Å². The number of fused-ring (bicyclic) bond motifs is 1. The maximum absolute atomic E-state index is 12.6. The first-order valence-electron chi connectivity index (χ1n) is 8.15. The van der Waals surface area contributed by atoms with Crippen LogP contribution in [0.2, 0.25) is 0 Å². The lowest BCUT2D eigenvalue weighted by Crippen LogP contribution is -2.11. The van der Waals surface area contributed by atoms with Crippen LogP contribution >= 0.6 is 11.3 Å². The number of benzene rings is 2. The number of nitrogens with zero attached hydrogens (tertiary/aromatic N) is 2. The summed E-state index contributed by atoms with van der Waals surface area (Å²) in [4.78, 5) is 21.0. The van der Waals surface area contributed by atoms with Crippen LogP contribution in [0, 0.1) is 0 Å². The molecule has 4 aromatic rings. The fourth-order valence-corrected chi connectivity index (χ4v) is 3.39. The van der Waals surface area contributed by atoms with E-state index in [9.17, 15) is 4.79 Å². The molecule has 0 saturated heterocycles. The maximum atomic E-state index is 12.6. The second-order valence-electron chi connectivity index (χ2n) is 5.62. The molecule has 1 N–H and O–H groups in total. The number of methoxy groups -OCH3 is 1. The van der Waals surface area contributed by atoms with Crippen molar-refractivity contribution in [3.8, 4) is 17.2 Å². The quantitative estimate of drug-likeness (QED) is 0.544. The van der Waals surface area contributed by atoms with E-state index in [0.29, 0.717) is 22.2 Å². The van der Waals surface area contributed by atoms with E-state index in [2.05, 4.69) is 15.3 Å². The minimum absolute atomic E-state index is 0.249. The van der Waals surface area contributed by atoms with Crippen LogP contribution < -0.4 is 14.8 Å². The molecule has 0 aliphatic carbocycles. The number of carbonyl (C=O) groups is 1. The van der Waals surface area contributed by atoms with Gasteiger partial charge in [0.1, 0.15) is 17.2 Å². The van der Waals surface area contributed by atoms with Gasteiger partial charge in [-0.05, 0) is 48.5 Å². The Bertz CT molecular complexity index is 1100.